The van der Waals surface area contributed by atoms with Gasteiger partial charge in [0.15, 0.2) is 0 Å². The molecular weight excluding hydrogens is 234 g/mol. The molecule has 1 fully saturated rings. The van der Waals surface area contributed by atoms with Gasteiger partial charge in [0.05, 0.1) is 5.69 Å². The standard InChI is InChI=1S/C13H14ClN3/c1-2-9-5-3-4-6-11(9)17-12(10-7-8-10)15-16-13(17)14/h3-6,10H,2,7-8H2,1H3. The Morgan fingerprint density at radius 1 is 1.29 bits per heavy atom. The molecule has 3 rings (SSSR count). The van der Waals surface area contributed by atoms with E-state index in [1.165, 1.54) is 18.4 Å². The summed E-state index contributed by atoms with van der Waals surface area (Å²) in [5, 5.41) is 8.68. The van der Waals surface area contributed by atoms with E-state index < -0.39 is 0 Å². The minimum Gasteiger partial charge on any atom is -0.269 e. The Morgan fingerprint density at radius 3 is 2.76 bits per heavy atom. The van der Waals surface area contributed by atoms with Crippen LogP contribution in [-0.4, -0.2) is 14.8 Å². The van der Waals surface area contributed by atoms with Crippen LogP contribution in [0, 0.1) is 0 Å². The van der Waals surface area contributed by atoms with Crippen molar-refractivity contribution in [1.29, 1.82) is 0 Å². The van der Waals surface area contributed by atoms with E-state index in [0.717, 1.165) is 17.9 Å². The molecule has 0 N–H and O–H groups in total. The highest BCUT2D eigenvalue weighted by atomic mass is 35.5. The normalized spacial score (nSPS) is 15.2. The Kier molecular flexibility index (Phi) is 2.63. The molecule has 3 nitrogen and oxygen atoms in total. The van der Waals surface area contributed by atoms with E-state index in [2.05, 4.69) is 35.3 Å². The molecule has 0 atom stereocenters. The minimum absolute atomic E-state index is 0.466. The minimum atomic E-state index is 0.466. The monoisotopic (exact) mass is 247 g/mol. The molecule has 1 aromatic carbocycles. The zero-order valence-corrected chi connectivity index (χ0v) is 10.5. The lowest BCUT2D eigenvalue weighted by atomic mass is 10.1. The number of rotatable bonds is 3. The lowest BCUT2D eigenvalue weighted by molar-refractivity contribution is 0.862. The van der Waals surface area contributed by atoms with Crippen molar-refractivity contribution in [3.8, 4) is 5.69 Å². The van der Waals surface area contributed by atoms with Gasteiger partial charge in [0, 0.05) is 5.92 Å². The van der Waals surface area contributed by atoms with Crippen LogP contribution >= 0.6 is 11.6 Å². The van der Waals surface area contributed by atoms with Crippen LogP contribution in [-0.2, 0) is 6.42 Å². The highest BCUT2D eigenvalue weighted by Crippen LogP contribution is 2.40. The average molecular weight is 248 g/mol. The van der Waals surface area contributed by atoms with E-state index in [1.807, 2.05) is 10.6 Å². The van der Waals surface area contributed by atoms with Crippen LogP contribution in [0.2, 0.25) is 5.28 Å². The van der Waals surface area contributed by atoms with E-state index in [1.54, 1.807) is 0 Å². The molecule has 0 bridgehead atoms. The first-order chi connectivity index (χ1) is 8.31. The molecule has 0 saturated heterocycles. The summed E-state index contributed by atoms with van der Waals surface area (Å²) >= 11 is 6.17. The second-order valence-electron chi connectivity index (χ2n) is 4.42. The molecular formula is C13H14ClN3. The van der Waals surface area contributed by atoms with Crippen molar-refractivity contribution in [2.24, 2.45) is 0 Å². The second kappa shape index (κ2) is 4.15. The Bertz CT molecular complexity index is 543. The van der Waals surface area contributed by atoms with Crippen molar-refractivity contribution >= 4 is 11.6 Å². The predicted octanol–water partition coefficient (Wildman–Crippen LogP) is 3.36. The van der Waals surface area contributed by atoms with Gasteiger partial charge in [-0.25, -0.2) is 0 Å². The number of nitrogens with zero attached hydrogens (tertiary/aromatic N) is 3. The fourth-order valence-corrected chi connectivity index (χ4v) is 2.35. The van der Waals surface area contributed by atoms with Gasteiger partial charge in [0.1, 0.15) is 5.82 Å². The first-order valence-electron chi connectivity index (χ1n) is 6.00. The van der Waals surface area contributed by atoms with E-state index in [4.69, 9.17) is 11.6 Å². The molecule has 2 aromatic rings. The number of para-hydroxylation sites is 1. The number of aromatic nitrogens is 3. The molecule has 1 saturated carbocycles. The quantitative estimate of drug-likeness (QED) is 0.833. The maximum atomic E-state index is 6.17. The summed E-state index contributed by atoms with van der Waals surface area (Å²) in [5.41, 5.74) is 2.39. The molecule has 0 aliphatic heterocycles. The van der Waals surface area contributed by atoms with Gasteiger partial charge in [0.25, 0.3) is 0 Å². The van der Waals surface area contributed by atoms with E-state index in [-0.39, 0.29) is 0 Å². The second-order valence-corrected chi connectivity index (χ2v) is 4.76. The van der Waals surface area contributed by atoms with Crippen LogP contribution in [0.1, 0.15) is 37.1 Å². The summed E-state index contributed by atoms with van der Waals surface area (Å²) in [7, 11) is 0. The Balaban J connectivity index is 2.16. The van der Waals surface area contributed by atoms with Gasteiger partial charge in [0.2, 0.25) is 5.28 Å². The summed E-state index contributed by atoms with van der Waals surface area (Å²) in [4.78, 5) is 0. The zero-order chi connectivity index (χ0) is 11.8. The third-order valence-corrected chi connectivity index (χ3v) is 3.45. The molecule has 0 unspecified atom stereocenters. The fraction of sp³-hybridized carbons (Fsp3) is 0.385. The highest BCUT2D eigenvalue weighted by Gasteiger charge is 2.30. The number of hydrogen-bond acceptors (Lipinski definition) is 2. The average Bonchev–Trinajstić information content (AvgIpc) is 3.13. The highest BCUT2D eigenvalue weighted by molar-refractivity contribution is 6.28. The van der Waals surface area contributed by atoms with Gasteiger partial charge in [-0.2, -0.15) is 0 Å². The molecule has 1 aliphatic carbocycles. The van der Waals surface area contributed by atoms with Crippen molar-refractivity contribution < 1.29 is 0 Å². The molecule has 0 spiro atoms. The first kappa shape index (κ1) is 10.8. The maximum absolute atomic E-state index is 6.17. The molecule has 1 aliphatic rings. The van der Waals surface area contributed by atoms with Crippen LogP contribution in [0.5, 0.6) is 0 Å². The van der Waals surface area contributed by atoms with Crippen LogP contribution in [0.25, 0.3) is 5.69 Å². The van der Waals surface area contributed by atoms with Gasteiger partial charge in [-0.05, 0) is 42.5 Å². The molecule has 17 heavy (non-hydrogen) atoms. The van der Waals surface area contributed by atoms with Gasteiger partial charge in [-0.15, -0.1) is 10.2 Å². The summed E-state index contributed by atoms with van der Waals surface area (Å²) in [6, 6.07) is 8.29. The van der Waals surface area contributed by atoms with Crippen molar-refractivity contribution in [2.75, 3.05) is 0 Å². The maximum Gasteiger partial charge on any atom is 0.229 e. The molecule has 0 amide bonds. The van der Waals surface area contributed by atoms with Crippen molar-refractivity contribution in [3.05, 3.63) is 40.9 Å². The summed E-state index contributed by atoms with van der Waals surface area (Å²) in [5.74, 6) is 1.55. The van der Waals surface area contributed by atoms with Crippen LogP contribution in [0.15, 0.2) is 24.3 Å². The Labute approximate surface area is 105 Å². The Morgan fingerprint density at radius 2 is 2.06 bits per heavy atom. The summed E-state index contributed by atoms with van der Waals surface area (Å²) < 4.78 is 2.00. The first-order valence-corrected chi connectivity index (χ1v) is 6.38. The molecule has 1 heterocycles. The number of halogens is 1. The van der Waals surface area contributed by atoms with E-state index in [9.17, 15) is 0 Å². The molecule has 0 radical (unpaired) electrons. The zero-order valence-electron chi connectivity index (χ0n) is 9.73. The number of benzene rings is 1. The number of aryl methyl sites for hydroxylation is 1. The predicted molar refractivity (Wildman–Crippen MR) is 67.7 cm³/mol. The fourth-order valence-electron chi connectivity index (χ4n) is 2.13. The Hall–Kier alpha value is -1.35. The number of hydrogen-bond donors (Lipinski definition) is 0. The van der Waals surface area contributed by atoms with Gasteiger partial charge < -0.3 is 0 Å². The summed E-state index contributed by atoms with van der Waals surface area (Å²) in [6.45, 7) is 2.15. The van der Waals surface area contributed by atoms with Crippen LogP contribution < -0.4 is 0 Å². The van der Waals surface area contributed by atoms with Crippen molar-refractivity contribution in [2.45, 2.75) is 32.1 Å². The lowest BCUT2D eigenvalue weighted by Gasteiger charge is -2.11. The van der Waals surface area contributed by atoms with E-state index in [0.29, 0.717) is 11.2 Å². The van der Waals surface area contributed by atoms with Gasteiger partial charge >= 0.3 is 0 Å². The van der Waals surface area contributed by atoms with Crippen molar-refractivity contribution in [1.82, 2.24) is 14.8 Å². The smallest absolute Gasteiger partial charge is 0.229 e. The third-order valence-electron chi connectivity index (χ3n) is 3.20. The van der Waals surface area contributed by atoms with Crippen LogP contribution in [0.4, 0.5) is 0 Å². The molecule has 1 aromatic heterocycles. The summed E-state index contributed by atoms with van der Waals surface area (Å²) in [6.07, 6.45) is 3.38. The van der Waals surface area contributed by atoms with Gasteiger partial charge in [-0.3, -0.25) is 4.57 Å². The molecule has 4 heteroatoms. The third kappa shape index (κ3) is 1.84. The van der Waals surface area contributed by atoms with Gasteiger partial charge in [-0.1, -0.05) is 25.1 Å². The molecule has 88 valence electrons. The van der Waals surface area contributed by atoms with Crippen LogP contribution in [0.3, 0.4) is 0 Å². The van der Waals surface area contributed by atoms with Crippen molar-refractivity contribution in [3.63, 3.8) is 0 Å². The SMILES string of the molecule is CCc1ccccc1-n1c(Cl)nnc1C1CC1. The lowest BCUT2D eigenvalue weighted by Crippen LogP contribution is -2.03. The largest absolute Gasteiger partial charge is 0.269 e. The van der Waals surface area contributed by atoms with E-state index >= 15 is 0 Å². The topological polar surface area (TPSA) is 30.7 Å².